The molecule has 0 amide bonds. The summed E-state index contributed by atoms with van der Waals surface area (Å²) >= 11 is 0. The molecule has 0 radical (unpaired) electrons. The molecule has 1 aromatic rings. The zero-order valence-electron chi connectivity index (χ0n) is 14.1. The highest BCUT2D eigenvalue weighted by atomic mass is 16.5. The lowest BCUT2D eigenvalue weighted by Gasteiger charge is -2.19. The first-order valence-corrected chi connectivity index (χ1v) is 8.62. The van der Waals surface area contributed by atoms with Gasteiger partial charge in [-0.15, -0.1) is 0 Å². The molecule has 0 atom stereocenters. The first-order valence-electron chi connectivity index (χ1n) is 8.62. The lowest BCUT2D eigenvalue weighted by atomic mass is 9.87. The van der Waals surface area contributed by atoms with Gasteiger partial charge in [-0.25, -0.2) is 0 Å². The second kappa shape index (κ2) is 7.84. The summed E-state index contributed by atoms with van der Waals surface area (Å²) in [5, 5.41) is 0. The van der Waals surface area contributed by atoms with Gasteiger partial charge in [-0.2, -0.15) is 0 Å². The van der Waals surface area contributed by atoms with Gasteiger partial charge in [-0.05, 0) is 42.4 Å². The summed E-state index contributed by atoms with van der Waals surface area (Å²) in [6.07, 6.45) is 6.69. The molecule has 0 aliphatic carbocycles. The van der Waals surface area contributed by atoms with Gasteiger partial charge in [0.25, 0.3) is 0 Å². The Morgan fingerprint density at radius 1 is 0.952 bits per heavy atom. The Balaban J connectivity index is 1.58. The van der Waals surface area contributed by atoms with Gasteiger partial charge in [-0.1, -0.05) is 32.9 Å². The number of nitrogens with one attached hydrogen (secondary N) is 1. The standard InChI is InChI=1S/C19H31NO/c1-19(2,3)17-9-11-18(12-10-17)21-16-8-4-5-13-20-14-6-7-15-20/h9-12H,4-8,13-16H2,1-3H3/p+1. The van der Waals surface area contributed by atoms with Crippen LogP contribution >= 0.6 is 0 Å². The maximum Gasteiger partial charge on any atom is 0.119 e. The van der Waals surface area contributed by atoms with Crippen molar-refractivity contribution in [3.8, 4) is 5.75 Å². The molecular weight excluding hydrogens is 258 g/mol. The van der Waals surface area contributed by atoms with Crippen LogP contribution in [0.15, 0.2) is 24.3 Å². The molecule has 0 saturated carbocycles. The van der Waals surface area contributed by atoms with E-state index < -0.39 is 0 Å². The summed E-state index contributed by atoms with van der Waals surface area (Å²) in [6.45, 7) is 11.7. The maximum absolute atomic E-state index is 5.84. The molecule has 118 valence electrons. The normalized spacial score (nSPS) is 16.3. The van der Waals surface area contributed by atoms with Crippen LogP contribution in [-0.4, -0.2) is 26.2 Å². The molecule has 1 N–H and O–H groups in total. The topological polar surface area (TPSA) is 13.7 Å². The molecule has 1 aliphatic rings. The van der Waals surface area contributed by atoms with Gasteiger partial charge in [0.05, 0.1) is 26.2 Å². The minimum Gasteiger partial charge on any atom is -0.494 e. The Hall–Kier alpha value is -1.02. The van der Waals surface area contributed by atoms with Gasteiger partial charge in [0, 0.05) is 12.8 Å². The highest BCUT2D eigenvalue weighted by molar-refractivity contribution is 5.31. The van der Waals surface area contributed by atoms with Crippen LogP contribution in [0.5, 0.6) is 5.75 Å². The third-order valence-electron chi connectivity index (χ3n) is 4.47. The predicted octanol–water partition coefficient (Wildman–Crippen LogP) is 3.21. The number of hydrogen-bond acceptors (Lipinski definition) is 1. The third kappa shape index (κ3) is 5.70. The number of benzene rings is 1. The van der Waals surface area contributed by atoms with Crippen LogP contribution in [0.25, 0.3) is 0 Å². The van der Waals surface area contributed by atoms with E-state index in [-0.39, 0.29) is 5.41 Å². The molecule has 1 heterocycles. The maximum atomic E-state index is 5.84. The number of hydrogen-bond donors (Lipinski definition) is 1. The molecule has 2 heteroatoms. The SMILES string of the molecule is CC(C)(C)c1ccc(OCCCCC[NH+]2CCCC2)cc1. The van der Waals surface area contributed by atoms with Crippen molar-refractivity contribution in [1.82, 2.24) is 0 Å². The fourth-order valence-corrected chi connectivity index (χ4v) is 3.02. The van der Waals surface area contributed by atoms with Crippen LogP contribution in [0, 0.1) is 0 Å². The average Bonchev–Trinajstić information content (AvgIpc) is 2.95. The second-order valence-electron chi connectivity index (χ2n) is 7.39. The predicted molar refractivity (Wildman–Crippen MR) is 89.3 cm³/mol. The minimum atomic E-state index is 0.219. The van der Waals surface area contributed by atoms with Crippen molar-refractivity contribution in [2.24, 2.45) is 0 Å². The first-order chi connectivity index (χ1) is 10.1. The van der Waals surface area contributed by atoms with Crippen molar-refractivity contribution in [2.45, 2.75) is 58.3 Å². The number of quaternary nitrogens is 1. The van der Waals surface area contributed by atoms with E-state index in [0.717, 1.165) is 12.4 Å². The monoisotopic (exact) mass is 290 g/mol. The molecule has 0 bridgehead atoms. The molecular formula is C19H32NO+. The summed E-state index contributed by atoms with van der Waals surface area (Å²) < 4.78 is 5.84. The lowest BCUT2D eigenvalue weighted by molar-refractivity contribution is -0.887. The van der Waals surface area contributed by atoms with E-state index in [9.17, 15) is 0 Å². The first kappa shape index (κ1) is 16.4. The van der Waals surface area contributed by atoms with E-state index in [4.69, 9.17) is 4.74 Å². The fourth-order valence-electron chi connectivity index (χ4n) is 3.02. The van der Waals surface area contributed by atoms with Gasteiger partial charge in [-0.3, -0.25) is 0 Å². The van der Waals surface area contributed by atoms with Crippen molar-refractivity contribution in [2.75, 3.05) is 26.2 Å². The second-order valence-corrected chi connectivity index (χ2v) is 7.39. The Morgan fingerprint density at radius 2 is 1.62 bits per heavy atom. The molecule has 21 heavy (non-hydrogen) atoms. The average molecular weight is 290 g/mol. The zero-order chi connectivity index (χ0) is 15.1. The number of ether oxygens (including phenoxy) is 1. The number of unbranched alkanes of at least 4 members (excludes halogenated alkanes) is 2. The summed E-state index contributed by atoms with van der Waals surface area (Å²) in [5.41, 5.74) is 1.58. The summed E-state index contributed by atoms with van der Waals surface area (Å²) in [5.74, 6) is 1.01. The van der Waals surface area contributed by atoms with Crippen LogP contribution in [0.1, 0.15) is 58.4 Å². The van der Waals surface area contributed by atoms with E-state index in [1.54, 1.807) is 0 Å². The van der Waals surface area contributed by atoms with Gasteiger partial charge in [0.2, 0.25) is 0 Å². The van der Waals surface area contributed by atoms with Crippen LogP contribution in [0.3, 0.4) is 0 Å². The number of rotatable bonds is 7. The fraction of sp³-hybridized carbons (Fsp3) is 0.684. The van der Waals surface area contributed by atoms with Crippen molar-refractivity contribution >= 4 is 0 Å². The smallest absolute Gasteiger partial charge is 0.119 e. The largest absolute Gasteiger partial charge is 0.494 e. The lowest BCUT2D eigenvalue weighted by Crippen LogP contribution is -3.09. The molecule has 1 aliphatic heterocycles. The van der Waals surface area contributed by atoms with Gasteiger partial charge >= 0.3 is 0 Å². The van der Waals surface area contributed by atoms with Crippen molar-refractivity contribution in [1.29, 1.82) is 0 Å². The van der Waals surface area contributed by atoms with Crippen molar-refractivity contribution < 1.29 is 9.64 Å². The molecule has 1 fully saturated rings. The van der Waals surface area contributed by atoms with Gasteiger partial charge < -0.3 is 9.64 Å². The van der Waals surface area contributed by atoms with E-state index in [1.165, 1.54) is 57.3 Å². The number of likely N-dealkylation sites (tertiary alicyclic amines) is 1. The Bertz CT molecular complexity index is 399. The highest BCUT2D eigenvalue weighted by Gasteiger charge is 2.14. The van der Waals surface area contributed by atoms with E-state index in [2.05, 4.69) is 45.0 Å². The molecule has 2 rings (SSSR count). The highest BCUT2D eigenvalue weighted by Crippen LogP contribution is 2.24. The Labute approximate surface area is 130 Å². The van der Waals surface area contributed by atoms with Crippen molar-refractivity contribution in [3.63, 3.8) is 0 Å². The molecule has 0 spiro atoms. The summed E-state index contributed by atoms with van der Waals surface area (Å²) in [7, 11) is 0. The Kier molecular flexibility index (Phi) is 6.10. The van der Waals surface area contributed by atoms with Crippen LogP contribution in [0.4, 0.5) is 0 Å². The quantitative estimate of drug-likeness (QED) is 0.761. The van der Waals surface area contributed by atoms with E-state index >= 15 is 0 Å². The third-order valence-corrected chi connectivity index (χ3v) is 4.47. The van der Waals surface area contributed by atoms with E-state index in [0.29, 0.717) is 0 Å². The van der Waals surface area contributed by atoms with Crippen LogP contribution in [-0.2, 0) is 5.41 Å². The molecule has 2 nitrogen and oxygen atoms in total. The molecule has 0 aromatic heterocycles. The summed E-state index contributed by atoms with van der Waals surface area (Å²) in [4.78, 5) is 1.81. The van der Waals surface area contributed by atoms with Crippen LogP contribution in [0.2, 0.25) is 0 Å². The zero-order valence-corrected chi connectivity index (χ0v) is 14.1. The molecule has 1 aromatic carbocycles. The van der Waals surface area contributed by atoms with E-state index in [1.807, 2.05) is 4.90 Å². The molecule has 1 saturated heterocycles. The summed E-state index contributed by atoms with van der Waals surface area (Å²) in [6, 6.07) is 8.59. The van der Waals surface area contributed by atoms with Crippen LogP contribution < -0.4 is 9.64 Å². The Morgan fingerprint density at radius 3 is 2.24 bits per heavy atom. The van der Waals surface area contributed by atoms with Gasteiger partial charge in [0.15, 0.2) is 0 Å². The minimum absolute atomic E-state index is 0.219. The van der Waals surface area contributed by atoms with Crippen molar-refractivity contribution in [3.05, 3.63) is 29.8 Å². The van der Waals surface area contributed by atoms with Gasteiger partial charge in [0.1, 0.15) is 5.75 Å². The molecule has 0 unspecified atom stereocenters.